The van der Waals surface area contributed by atoms with Crippen LogP contribution < -0.4 is 15.8 Å². The lowest BCUT2D eigenvalue weighted by atomic mass is 9.95. The number of carbonyl (C=O) groups is 1. The molecule has 1 aromatic carbocycles. The molecule has 0 aliphatic carbocycles. The average Bonchev–Trinajstić information content (AvgIpc) is 2.57. The summed E-state index contributed by atoms with van der Waals surface area (Å²) in [6, 6.07) is 7.32. The molecule has 7 heteroatoms. The first kappa shape index (κ1) is 19.4. The van der Waals surface area contributed by atoms with Crippen molar-refractivity contribution >= 4 is 23.5 Å². The van der Waals surface area contributed by atoms with Crippen LogP contribution in [0.1, 0.15) is 26.2 Å². The predicted molar refractivity (Wildman–Crippen MR) is 101 cm³/mol. The lowest BCUT2D eigenvalue weighted by Crippen LogP contribution is -2.49. The van der Waals surface area contributed by atoms with E-state index in [-0.39, 0.29) is 12.0 Å². The minimum Gasteiger partial charge on any atom is -0.489 e. The van der Waals surface area contributed by atoms with Crippen LogP contribution in [-0.4, -0.2) is 49.6 Å². The summed E-state index contributed by atoms with van der Waals surface area (Å²) in [6.07, 6.45) is 2.48. The zero-order valence-corrected chi connectivity index (χ0v) is 15.6. The molecular formula is C18H27ClN4O2. The lowest BCUT2D eigenvalue weighted by Gasteiger charge is -2.35. The van der Waals surface area contributed by atoms with Crippen LogP contribution in [0.5, 0.6) is 5.75 Å². The van der Waals surface area contributed by atoms with Crippen molar-refractivity contribution in [3.63, 3.8) is 0 Å². The van der Waals surface area contributed by atoms with Gasteiger partial charge in [0.2, 0.25) is 5.91 Å². The second-order valence-corrected chi connectivity index (χ2v) is 6.87. The van der Waals surface area contributed by atoms with Crippen LogP contribution in [0.2, 0.25) is 5.02 Å². The van der Waals surface area contributed by atoms with Crippen molar-refractivity contribution in [3.8, 4) is 5.75 Å². The highest BCUT2D eigenvalue weighted by atomic mass is 35.5. The Bertz CT molecular complexity index is 591. The van der Waals surface area contributed by atoms with Crippen molar-refractivity contribution in [1.82, 2.24) is 10.2 Å². The predicted octanol–water partition coefficient (Wildman–Crippen LogP) is 2.27. The molecule has 2 atom stereocenters. The molecule has 0 spiro atoms. The van der Waals surface area contributed by atoms with Crippen LogP contribution in [0.4, 0.5) is 0 Å². The molecule has 1 aliphatic rings. The summed E-state index contributed by atoms with van der Waals surface area (Å²) in [7, 11) is 1.77. The van der Waals surface area contributed by atoms with Gasteiger partial charge in [0, 0.05) is 31.6 Å². The summed E-state index contributed by atoms with van der Waals surface area (Å²) >= 11 is 5.88. The topological polar surface area (TPSA) is 80.0 Å². The SMILES string of the molecule is CN=C(NCC(C)Oc1ccc(Cl)cc1)N1CCCC(CC(N)=O)C1. The van der Waals surface area contributed by atoms with Gasteiger partial charge in [0.1, 0.15) is 11.9 Å². The van der Waals surface area contributed by atoms with Crippen LogP contribution in [-0.2, 0) is 4.79 Å². The van der Waals surface area contributed by atoms with E-state index in [1.807, 2.05) is 31.2 Å². The number of primary amides is 1. The second kappa shape index (κ2) is 9.51. The van der Waals surface area contributed by atoms with Crippen LogP contribution in [0.25, 0.3) is 0 Å². The zero-order chi connectivity index (χ0) is 18.2. The van der Waals surface area contributed by atoms with Crippen molar-refractivity contribution in [2.45, 2.75) is 32.3 Å². The molecule has 1 aliphatic heterocycles. The average molecular weight is 367 g/mol. The van der Waals surface area contributed by atoms with Gasteiger partial charge in [0.15, 0.2) is 5.96 Å². The Morgan fingerprint density at radius 3 is 2.84 bits per heavy atom. The molecule has 25 heavy (non-hydrogen) atoms. The van der Waals surface area contributed by atoms with Gasteiger partial charge in [-0.1, -0.05) is 11.6 Å². The van der Waals surface area contributed by atoms with E-state index in [2.05, 4.69) is 15.2 Å². The molecule has 2 unspecified atom stereocenters. The quantitative estimate of drug-likeness (QED) is 0.598. The summed E-state index contributed by atoms with van der Waals surface area (Å²) in [5, 5.41) is 4.04. The highest BCUT2D eigenvalue weighted by molar-refractivity contribution is 6.30. The Morgan fingerprint density at radius 2 is 2.20 bits per heavy atom. The van der Waals surface area contributed by atoms with Crippen molar-refractivity contribution in [1.29, 1.82) is 0 Å². The molecule has 0 radical (unpaired) electrons. The number of nitrogens with two attached hydrogens (primary N) is 1. The Balaban J connectivity index is 1.82. The molecule has 1 fully saturated rings. The fourth-order valence-corrected chi connectivity index (χ4v) is 3.19. The third kappa shape index (κ3) is 6.46. The van der Waals surface area contributed by atoms with Gasteiger partial charge >= 0.3 is 0 Å². The normalized spacial score (nSPS) is 19.4. The maximum absolute atomic E-state index is 11.2. The molecule has 1 amide bonds. The van der Waals surface area contributed by atoms with Crippen molar-refractivity contribution < 1.29 is 9.53 Å². The summed E-state index contributed by atoms with van der Waals surface area (Å²) in [5.74, 6) is 1.68. The number of hydrogen-bond donors (Lipinski definition) is 2. The largest absolute Gasteiger partial charge is 0.489 e. The van der Waals surface area contributed by atoms with E-state index in [4.69, 9.17) is 22.1 Å². The molecule has 138 valence electrons. The number of halogens is 1. The van der Waals surface area contributed by atoms with E-state index in [0.29, 0.717) is 23.9 Å². The Hall–Kier alpha value is -1.95. The first-order valence-electron chi connectivity index (χ1n) is 8.64. The molecule has 1 heterocycles. The van der Waals surface area contributed by atoms with E-state index in [0.717, 1.165) is 37.6 Å². The Labute approximate surface area is 154 Å². The number of carbonyl (C=O) groups excluding carboxylic acids is 1. The van der Waals surface area contributed by atoms with Crippen LogP contribution in [0.3, 0.4) is 0 Å². The third-order valence-corrected chi connectivity index (χ3v) is 4.47. The number of nitrogens with one attached hydrogen (secondary N) is 1. The van der Waals surface area contributed by atoms with E-state index in [1.165, 1.54) is 0 Å². The van der Waals surface area contributed by atoms with Crippen molar-refractivity contribution in [2.75, 3.05) is 26.7 Å². The smallest absolute Gasteiger partial charge is 0.217 e. The number of rotatable bonds is 6. The highest BCUT2D eigenvalue weighted by Gasteiger charge is 2.23. The van der Waals surface area contributed by atoms with E-state index >= 15 is 0 Å². The second-order valence-electron chi connectivity index (χ2n) is 6.44. The molecule has 1 aromatic rings. The Kier molecular flexibility index (Phi) is 7.37. The number of amides is 1. The number of guanidine groups is 1. The molecule has 0 saturated carbocycles. The van der Waals surface area contributed by atoms with Gasteiger partial charge < -0.3 is 20.7 Å². The minimum atomic E-state index is -0.236. The molecule has 0 aromatic heterocycles. The summed E-state index contributed by atoms with van der Waals surface area (Å²) in [4.78, 5) is 17.7. The van der Waals surface area contributed by atoms with Crippen molar-refractivity contribution in [3.05, 3.63) is 29.3 Å². The van der Waals surface area contributed by atoms with Crippen LogP contribution in [0, 0.1) is 5.92 Å². The van der Waals surface area contributed by atoms with E-state index < -0.39 is 0 Å². The number of nitrogens with zero attached hydrogens (tertiary/aromatic N) is 2. The number of ether oxygens (including phenoxy) is 1. The van der Waals surface area contributed by atoms with Crippen LogP contribution >= 0.6 is 11.6 Å². The fourth-order valence-electron chi connectivity index (χ4n) is 3.06. The monoisotopic (exact) mass is 366 g/mol. The molecule has 6 nitrogen and oxygen atoms in total. The molecule has 0 bridgehead atoms. The van der Waals surface area contributed by atoms with Crippen LogP contribution in [0.15, 0.2) is 29.3 Å². The fraction of sp³-hybridized carbons (Fsp3) is 0.556. The maximum Gasteiger partial charge on any atom is 0.217 e. The van der Waals surface area contributed by atoms with Gasteiger partial charge in [-0.15, -0.1) is 0 Å². The first-order valence-corrected chi connectivity index (χ1v) is 9.02. The van der Waals surface area contributed by atoms with E-state index in [1.54, 1.807) is 7.05 Å². The number of piperidine rings is 1. The van der Waals surface area contributed by atoms with Gasteiger partial charge in [0.05, 0.1) is 6.54 Å². The van der Waals surface area contributed by atoms with Gasteiger partial charge in [0.25, 0.3) is 0 Å². The number of aliphatic imine (C=N–C) groups is 1. The summed E-state index contributed by atoms with van der Waals surface area (Å²) in [6.45, 7) is 4.36. The lowest BCUT2D eigenvalue weighted by molar-refractivity contribution is -0.119. The maximum atomic E-state index is 11.2. The summed E-state index contributed by atoms with van der Waals surface area (Å²) in [5.41, 5.74) is 5.33. The van der Waals surface area contributed by atoms with E-state index in [9.17, 15) is 4.79 Å². The van der Waals surface area contributed by atoms with Gasteiger partial charge in [-0.3, -0.25) is 9.79 Å². The van der Waals surface area contributed by atoms with Crippen molar-refractivity contribution in [2.24, 2.45) is 16.6 Å². The zero-order valence-electron chi connectivity index (χ0n) is 14.9. The van der Waals surface area contributed by atoms with Gasteiger partial charge in [-0.2, -0.15) is 0 Å². The Morgan fingerprint density at radius 1 is 1.48 bits per heavy atom. The number of benzene rings is 1. The standard InChI is InChI=1S/C18H27ClN4O2/c1-13(25-16-7-5-15(19)6-8-16)11-22-18(21-2)23-9-3-4-14(12-23)10-17(20)24/h5-8,13-14H,3-4,9-12H2,1-2H3,(H2,20,24)(H,21,22). The molecular weight excluding hydrogens is 340 g/mol. The summed E-state index contributed by atoms with van der Waals surface area (Å²) < 4.78 is 5.87. The minimum absolute atomic E-state index is 0.0240. The first-order chi connectivity index (χ1) is 12.0. The van der Waals surface area contributed by atoms with Gasteiger partial charge in [-0.25, -0.2) is 0 Å². The number of likely N-dealkylation sites (tertiary alicyclic amines) is 1. The third-order valence-electron chi connectivity index (χ3n) is 4.22. The highest BCUT2D eigenvalue weighted by Crippen LogP contribution is 2.19. The molecule has 1 saturated heterocycles. The number of hydrogen-bond acceptors (Lipinski definition) is 3. The molecule has 3 N–H and O–H groups in total. The van der Waals surface area contributed by atoms with Gasteiger partial charge in [-0.05, 0) is 49.9 Å². The molecule has 2 rings (SSSR count).